The van der Waals surface area contributed by atoms with Crippen LogP contribution < -0.4 is 15.4 Å². The van der Waals surface area contributed by atoms with Crippen molar-refractivity contribution in [3.8, 4) is 11.8 Å². The maximum Gasteiger partial charge on any atom is 0.271 e. The Labute approximate surface area is 205 Å². The topological polar surface area (TPSA) is 134 Å². The number of nitro groups is 1. The van der Waals surface area contributed by atoms with Crippen LogP contribution in [-0.2, 0) is 9.59 Å². The van der Waals surface area contributed by atoms with E-state index in [0.717, 1.165) is 5.56 Å². The summed E-state index contributed by atoms with van der Waals surface area (Å²) in [7, 11) is 0. The van der Waals surface area contributed by atoms with Crippen LogP contribution in [0.5, 0.6) is 5.75 Å². The molecule has 0 saturated heterocycles. The second kappa shape index (κ2) is 11.4. The molecule has 0 aromatic heterocycles. The number of carbonyl (C=O) groups is 2. The normalized spacial score (nSPS) is 10.7. The number of hydrogen-bond donors (Lipinski definition) is 2. The molecule has 2 N–H and O–H groups in total. The molecule has 0 aliphatic carbocycles. The van der Waals surface area contributed by atoms with Crippen LogP contribution >= 0.6 is 11.6 Å². The maximum atomic E-state index is 12.5. The third-order valence-electron chi connectivity index (χ3n) is 4.67. The number of rotatable bonds is 8. The van der Waals surface area contributed by atoms with Gasteiger partial charge in [0.15, 0.2) is 6.61 Å². The van der Waals surface area contributed by atoms with Gasteiger partial charge in [0.05, 0.1) is 4.92 Å². The SMILES string of the molecule is Cc1ccc(NC(=O)COc2cccc(/C=C(/C#N)C(=O)Nc3cccc([N+](=O)[O-])c3)c2)cc1Cl. The third-order valence-corrected chi connectivity index (χ3v) is 5.08. The first kappa shape index (κ1) is 25.0. The van der Waals surface area contributed by atoms with Gasteiger partial charge < -0.3 is 15.4 Å². The second-order valence-electron chi connectivity index (χ2n) is 7.30. The molecule has 2 amide bonds. The fraction of sp³-hybridized carbons (Fsp3) is 0.0800. The van der Waals surface area contributed by atoms with Crippen LogP contribution in [0.25, 0.3) is 6.08 Å². The molecule has 35 heavy (non-hydrogen) atoms. The quantitative estimate of drug-likeness (QED) is 0.195. The Morgan fingerprint density at radius 1 is 1.09 bits per heavy atom. The average Bonchev–Trinajstić information content (AvgIpc) is 2.84. The number of hydrogen-bond acceptors (Lipinski definition) is 6. The second-order valence-corrected chi connectivity index (χ2v) is 7.71. The minimum Gasteiger partial charge on any atom is -0.484 e. The number of nitriles is 1. The molecule has 0 atom stereocenters. The van der Waals surface area contributed by atoms with Crippen molar-refractivity contribution in [2.75, 3.05) is 17.2 Å². The molecule has 0 heterocycles. The summed E-state index contributed by atoms with van der Waals surface area (Å²) in [6, 6.07) is 18.8. The number of ether oxygens (including phenoxy) is 1. The zero-order valence-corrected chi connectivity index (χ0v) is 19.2. The lowest BCUT2D eigenvalue weighted by atomic mass is 10.1. The van der Waals surface area contributed by atoms with Crippen LogP contribution in [0.3, 0.4) is 0 Å². The van der Waals surface area contributed by atoms with E-state index < -0.39 is 10.8 Å². The van der Waals surface area contributed by atoms with Crippen molar-refractivity contribution in [1.82, 2.24) is 0 Å². The molecule has 10 heteroatoms. The largest absolute Gasteiger partial charge is 0.484 e. The van der Waals surface area contributed by atoms with Crippen molar-refractivity contribution in [3.63, 3.8) is 0 Å². The Morgan fingerprint density at radius 3 is 2.54 bits per heavy atom. The first-order valence-electron chi connectivity index (χ1n) is 10.2. The molecule has 0 fully saturated rings. The monoisotopic (exact) mass is 490 g/mol. The van der Waals surface area contributed by atoms with E-state index in [4.69, 9.17) is 16.3 Å². The van der Waals surface area contributed by atoms with E-state index >= 15 is 0 Å². The molecule has 0 bridgehead atoms. The summed E-state index contributed by atoms with van der Waals surface area (Å²) in [5.41, 5.74) is 1.69. The fourth-order valence-corrected chi connectivity index (χ4v) is 3.10. The highest BCUT2D eigenvalue weighted by Gasteiger charge is 2.13. The number of nitrogens with zero attached hydrogens (tertiary/aromatic N) is 2. The van der Waals surface area contributed by atoms with Gasteiger partial charge in [-0.1, -0.05) is 35.9 Å². The molecule has 0 unspecified atom stereocenters. The molecule has 0 radical (unpaired) electrons. The molecule has 3 aromatic rings. The molecule has 0 aliphatic heterocycles. The van der Waals surface area contributed by atoms with E-state index in [2.05, 4.69) is 10.6 Å². The van der Waals surface area contributed by atoms with Gasteiger partial charge in [0.25, 0.3) is 17.5 Å². The summed E-state index contributed by atoms with van der Waals surface area (Å²) in [5.74, 6) is -0.761. The minimum absolute atomic E-state index is 0.184. The number of aryl methyl sites for hydroxylation is 1. The van der Waals surface area contributed by atoms with E-state index in [9.17, 15) is 25.0 Å². The number of benzene rings is 3. The van der Waals surface area contributed by atoms with Crippen LogP contribution in [-0.4, -0.2) is 23.3 Å². The fourth-order valence-electron chi connectivity index (χ4n) is 2.92. The molecule has 3 rings (SSSR count). The van der Waals surface area contributed by atoms with E-state index in [1.807, 2.05) is 13.0 Å². The summed E-state index contributed by atoms with van der Waals surface area (Å²) < 4.78 is 5.52. The lowest BCUT2D eigenvalue weighted by Crippen LogP contribution is -2.20. The molecule has 0 aliphatic rings. The van der Waals surface area contributed by atoms with Crippen molar-refractivity contribution in [1.29, 1.82) is 5.26 Å². The maximum absolute atomic E-state index is 12.5. The Kier molecular flexibility index (Phi) is 8.16. The predicted octanol–water partition coefficient (Wildman–Crippen LogP) is 5.12. The van der Waals surface area contributed by atoms with Gasteiger partial charge in [-0.2, -0.15) is 5.26 Å². The molecular formula is C25H19ClN4O5. The molecule has 0 spiro atoms. The average molecular weight is 491 g/mol. The van der Waals surface area contributed by atoms with Gasteiger partial charge in [0.1, 0.15) is 17.4 Å². The summed E-state index contributed by atoms with van der Waals surface area (Å²) in [6.07, 6.45) is 1.34. The molecular weight excluding hydrogens is 472 g/mol. The minimum atomic E-state index is -0.726. The van der Waals surface area contributed by atoms with Crippen LogP contribution in [0, 0.1) is 28.4 Å². The predicted molar refractivity (Wildman–Crippen MR) is 132 cm³/mol. The Bertz CT molecular complexity index is 1360. The van der Waals surface area contributed by atoms with Gasteiger partial charge in [-0.25, -0.2) is 0 Å². The highest BCUT2D eigenvalue weighted by molar-refractivity contribution is 6.31. The number of non-ortho nitro benzene ring substituents is 1. The van der Waals surface area contributed by atoms with E-state index in [-0.39, 0.29) is 29.5 Å². The zero-order chi connectivity index (χ0) is 25.4. The van der Waals surface area contributed by atoms with Gasteiger partial charge in [0.2, 0.25) is 0 Å². The number of anilines is 2. The van der Waals surface area contributed by atoms with Gasteiger partial charge in [-0.05, 0) is 54.5 Å². The number of nitrogens with one attached hydrogen (secondary N) is 2. The highest BCUT2D eigenvalue weighted by Crippen LogP contribution is 2.21. The van der Waals surface area contributed by atoms with Crippen molar-refractivity contribution in [3.05, 3.63) is 98.6 Å². The van der Waals surface area contributed by atoms with Crippen molar-refractivity contribution >= 4 is 46.6 Å². The van der Waals surface area contributed by atoms with Crippen LogP contribution in [0.15, 0.2) is 72.3 Å². The number of halogens is 1. The van der Waals surface area contributed by atoms with Crippen molar-refractivity contribution in [2.45, 2.75) is 6.92 Å². The summed E-state index contributed by atoms with van der Waals surface area (Å²) in [4.78, 5) is 35.0. The summed E-state index contributed by atoms with van der Waals surface area (Å²) >= 11 is 6.06. The van der Waals surface area contributed by atoms with Gasteiger partial charge in [0, 0.05) is 28.5 Å². The van der Waals surface area contributed by atoms with E-state index in [1.165, 1.54) is 30.3 Å². The highest BCUT2D eigenvalue weighted by atomic mass is 35.5. The van der Waals surface area contributed by atoms with Gasteiger partial charge >= 0.3 is 0 Å². The first-order chi connectivity index (χ1) is 16.7. The molecule has 9 nitrogen and oxygen atoms in total. The van der Waals surface area contributed by atoms with Crippen LogP contribution in [0.1, 0.15) is 11.1 Å². The van der Waals surface area contributed by atoms with E-state index in [1.54, 1.807) is 42.5 Å². The lowest BCUT2D eigenvalue weighted by molar-refractivity contribution is -0.384. The molecule has 0 saturated carbocycles. The smallest absolute Gasteiger partial charge is 0.271 e. The summed E-state index contributed by atoms with van der Waals surface area (Å²) in [5, 5.41) is 26.0. The summed E-state index contributed by atoms with van der Waals surface area (Å²) in [6.45, 7) is 1.59. The third kappa shape index (κ3) is 7.15. The Balaban J connectivity index is 1.64. The number of carbonyl (C=O) groups excluding carboxylic acids is 2. The zero-order valence-electron chi connectivity index (χ0n) is 18.4. The number of nitro benzene ring substituents is 1. The van der Waals surface area contributed by atoms with Gasteiger partial charge in [-0.3, -0.25) is 19.7 Å². The Morgan fingerprint density at radius 2 is 1.83 bits per heavy atom. The molecule has 176 valence electrons. The first-order valence-corrected chi connectivity index (χ1v) is 10.6. The Hall–Kier alpha value is -4.68. The van der Waals surface area contributed by atoms with E-state index in [0.29, 0.717) is 22.0 Å². The standard InChI is InChI=1S/C25H19ClN4O5/c1-16-8-9-20(13-23(16)26)28-24(31)15-35-22-7-2-4-17(11-22)10-18(14-27)25(32)29-19-5-3-6-21(12-19)30(33)34/h2-13H,15H2,1H3,(H,28,31)(H,29,32)/b18-10-. The van der Waals surface area contributed by atoms with Crippen molar-refractivity contribution in [2.24, 2.45) is 0 Å². The number of amides is 2. The van der Waals surface area contributed by atoms with Crippen LogP contribution in [0.2, 0.25) is 5.02 Å². The van der Waals surface area contributed by atoms with Gasteiger partial charge in [-0.15, -0.1) is 0 Å². The molecule has 3 aromatic carbocycles. The van der Waals surface area contributed by atoms with Crippen LogP contribution in [0.4, 0.5) is 17.1 Å². The lowest BCUT2D eigenvalue weighted by Gasteiger charge is -2.09. The van der Waals surface area contributed by atoms with Crippen molar-refractivity contribution < 1.29 is 19.2 Å².